The van der Waals surface area contributed by atoms with Crippen molar-refractivity contribution in [3.8, 4) is 5.75 Å². The highest BCUT2D eigenvalue weighted by Crippen LogP contribution is 2.39. The van der Waals surface area contributed by atoms with Gasteiger partial charge in [-0.15, -0.1) is 0 Å². The molecule has 2 heterocycles. The van der Waals surface area contributed by atoms with Gasteiger partial charge >= 0.3 is 0 Å². The summed E-state index contributed by atoms with van der Waals surface area (Å²) in [7, 11) is 1.49. The molecular weight excluding hydrogens is 525 g/mol. The molecule has 0 radical (unpaired) electrons. The predicted molar refractivity (Wildman–Crippen MR) is 155 cm³/mol. The fourth-order valence-corrected chi connectivity index (χ4v) is 6.08. The Morgan fingerprint density at radius 2 is 1.63 bits per heavy atom. The van der Waals surface area contributed by atoms with Gasteiger partial charge in [-0.1, -0.05) is 19.3 Å². The molecule has 2 aromatic carbocycles. The second-order valence-corrected chi connectivity index (χ2v) is 11.3. The van der Waals surface area contributed by atoms with E-state index < -0.39 is 5.82 Å². The molecule has 3 aliphatic rings. The molecule has 10 heteroatoms. The summed E-state index contributed by atoms with van der Waals surface area (Å²) in [6, 6.07) is 9.71. The second kappa shape index (κ2) is 13.0. The van der Waals surface area contributed by atoms with E-state index in [1.54, 1.807) is 9.80 Å². The van der Waals surface area contributed by atoms with Crippen LogP contribution in [0.2, 0.25) is 0 Å². The number of piperazine rings is 1. The molecule has 2 aromatic rings. The van der Waals surface area contributed by atoms with E-state index in [9.17, 15) is 18.8 Å². The first kappa shape index (κ1) is 29.0. The molecule has 1 atom stereocenters. The number of nitrogens with one attached hydrogen (secondary N) is 1. The standard InChI is InChI=1S/C31H40FN5O4/c1-35(29(38)19-33)25-16-23(15-24(32)18-25)31(40)37-13-11-36(12-14-37)30(39)22-7-8-28(41-26-9-10-34-20-26)27(17-22)21-5-3-2-4-6-21/h7-8,15-18,21,26,34H,2-6,9-14,19-20,33H2,1H3/t26-/m0/s1. The molecule has 1 saturated carbocycles. The smallest absolute Gasteiger partial charge is 0.254 e. The summed E-state index contributed by atoms with van der Waals surface area (Å²) in [6.45, 7) is 3.00. The van der Waals surface area contributed by atoms with Gasteiger partial charge in [0.05, 0.1) is 6.54 Å². The number of carbonyl (C=O) groups is 3. The van der Waals surface area contributed by atoms with Crippen LogP contribution in [0.3, 0.4) is 0 Å². The molecule has 2 aliphatic heterocycles. The maximum absolute atomic E-state index is 14.3. The summed E-state index contributed by atoms with van der Waals surface area (Å²) in [5.41, 5.74) is 7.63. The second-order valence-electron chi connectivity index (χ2n) is 11.3. The number of nitrogens with zero attached hydrogens (tertiary/aromatic N) is 3. The van der Waals surface area contributed by atoms with Crippen LogP contribution < -0.4 is 20.7 Å². The molecule has 0 bridgehead atoms. The number of hydrogen-bond acceptors (Lipinski definition) is 6. The summed E-state index contributed by atoms with van der Waals surface area (Å²) >= 11 is 0. The van der Waals surface area contributed by atoms with Crippen LogP contribution in [0.15, 0.2) is 36.4 Å². The van der Waals surface area contributed by atoms with Crippen LogP contribution >= 0.6 is 0 Å². The van der Waals surface area contributed by atoms with Crippen molar-refractivity contribution in [3.63, 3.8) is 0 Å². The van der Waals surface area contributed by atoms with Gasteiger partial charge in [-0.2, -0.15) is 0 Å². The Bertz CT molecular complexity index is 1270. The third kappa shape index (κ3) is 6.70. The molecular formula is C31H40FN5O4. The Morgan fingerprint density at radius 1 is 0.951 bits per heavy atom. The minimum atomic E-state index is -0.610. The van der Waals surface area contributed by atoms with Crippen molar-refractivity contribution in [2.24, 2.45) is 5.73 Å². The van der Waals surface area contributed by atoms with E-state index in [2.05, 4.69) is 5.32 Å². The van der Waals surface area contributed by atoms with Crippen LogP contribution in [-0.4, -0.2) is 86.5 Å². The highest BCUT2D eigenvalue weighted by atomic mass is 19.1. The van der Waals surface area contributed by atoms with Gasteiger partial charge in [-0.3, -0.25) is 14.4 Å². The molecule has 1 aliphatic carbocycles. The van der Waals surface area contributed by atoms with E-state index >= 15 is 0 Å². The molecule has 3 N–H and O–H groups in total. The van der Waals surface area contributed by atoms with Crippen LogP contribution in [-0.2, 0) is 4.79 Å². The summed E-state index contributed by atoms with van der Waals surface area (Å²) in [5.74, 6) is -0.103. The number of ether oxygens (including phenoxy) is 1. The third-order valence-electron chi connectivity index (χ3n) is 8.53. The number of amides is 3. The van der Waals surface area contributed by atoms with Crippen LogP contribution in [0, 0.1) is 5.82 Å². The number of carbonyl (C=O) groups excluding carboxylic acids is 3. The Morgan fingerprint density at radius 3 is 2.27 bits per heavy atom. The molecule has 3 amide bonds. The fraction of sp³-hybridized carbons (Fsp3) is 0.516. The average molecular weight is 566 g/mol. The van der Waals surface area contributed by atoms with E-state index in [1.165, 1.54) is 49.4 Å². The van der Waals surface area contributed by atoms with Crippen LogP contribution in [0.4, 0.5) is 10.1 Å². The van der Waals surface area contributed by atoms with Gasteiger partial charge in [0.2, 0.25) is 5.91 Å². The van der Waals surface area contributed by atoms with Crippen molar-refractivity contribution in [1.82, 2.24) is 15.1 Å². The number of anilines is 1. The maximum Gasteiger partial charge on any atom is 0.254 e. The minimum absolute atomic E-state index is 0.0572. The molecule has 0 unspecified atom stereocenters. The first-order valence-corrected chi connectivity index (χ1v) is 14.7. The zero-order valence-corrected chi connectivity index (χ0v) is 23.7. The van der Waals surface area contributed by atoms with E-state index in [4.69, 9.17) is 10.5 Å². The molecule has 9 nitrogen and oxygen atoms in total. The fourth-order valence-electron chi connectivity index (χ4n) is 6.08. The van der Waals surface area contributed by atoms with Crippen molar-refractivity contribution in [2.45, 2.75) is 50.5 Å². The van der Waals surface area contributed by atoms with Gasteiger partial charge in [0.1, 0.15) is 17.7 Å². The average Bonchev–Trinajstić information content (AvgIpc) is 3.53. The lowest BCUT2D eigenvalue weighted by atomic mass is 9.83. The minimum Gasteiger partial charge on any atom is -0.489 e. The van der Waals surface area contributed by atoms with Gasteiger partial charge < -0.3 is 30.5 Å². The Kier molecular flexibility index (Phi) is 9.19. The van der Waals surface area contributed by atoms with E-state index in [-0.39, 0.29) is 41.6 Å². The van der Waals surface area contributed by atoms with E-state index in [0.29, 0.717) is 37.7 Å². The van der Waals surface area contributed by atoms with Crippen molar-refractivity contribution < 1.29 is 23.5 Å². The molecule has 2 saturated heterocycles. The summed E-state index contributed by atoms with van der Waals surface area (Å²) < 4.78 is 20.7. The lowest BCUT2D eigenvalue weighted by molar-refractivity contribution is -0.117. The number of benzene rings is 2. The summed E-state index contributed by atoms with van der Waals surface area (Å²) in [4.78, 5) is 43.4. The van der Waals surface area contributed by atoms with Gasteiger partial charge in [-0.05, 0) is 73.7 Å². The summed E-state index contributed by atoms with van der Waals surface area (Å²) in [5, 5.41) is 3.35. The largest absolute Gasteiger partial charge is 0.489 e. The molecule has 0 aromatic heterocycles. The Labute approximate surface area is 240 Å². The number of halogens is 1. The van der Waals surface area contributed by atoms with Gasteiger partial charge in [0.15, 0.2) is 0 Å². The number of hydrogen-bond donors (Lipinski definition) is 2. The quantitative estimate of drug-likeness (QED) is 0.534. The lowest BCUT2D eigenvalue weighted by Crippen LogP contribution is -2.50. The van der Waals surface area contributed by atoms with Gasteiger partial charge in [0.25, 0.3) is 11.8 Å². The van der Waals surface area contributed by atoms with Crippen molar-refractivity contribution in [1.29, 1.82) is 0 Å². The molecule has 3 fully saturated rings. The maximum atomic E-state index is 14.3. The van der Waals surface area contributed by atoms with Gasteiger partial charge in [-0.25, -0.2) is 4.39 Å². The number of likely N-dealkylation sites (N-methyl/N-ethyl adjacent to an activating group) is 1. The highest BCUT2D eigenvalue weighted by molar-refractivity contribution is 5.99. The normalized spacial score (nSPS) is 19.7. The first-order chi connectivity index (χ1) is 19.8. The molecule has 220 valence electrons. The Balaban J connectivity index is 1.26. The molecule has 5 rings (SSSR count). The summed E-state index contributed by atoms with van der Waals surface area (Å²) in [6.07, 6.45) is 6.98. The predicted octanol–water partition coefficient (Wildman–Crippen LogP) is 3.13. The Hall–Kier alpha value is -3.50. The number of rotatable bonds is 7. The van der Waals surface area contributed by atoms with Crippen molar-refractivity contribution >= 4 is 23.4 Å². The van der Waals surface area contributed by atoms with Crippen LogP contribution in [0.5, 0.6) is 5.75 Å². The van der Waals surface area contributed by atoms with Crippen molar-refractivity contribution in [3.05, 3.63) is 58.9 Å². The molecule has 41 heavy (non-hydrogen) atoms. The number of nitrogens with two attached hydrogens (primary N) is 1. The molecule has 0 spiro atoms. The van der Waals surface area contributed by atoms with Crippen molar-refractivity contribution in [2.75, 3.05) is 57.8 Å². The monoisotopic (exact) mass is 565 g/mol. The topological polar surface area (TPSA) is 108 Å². The lowest BCUT2D eigenvalue weighted by Gasteiger charge is -2.35. The zero-order valence-electron chi connectivity index (χ0n) is 23.7. The first-order valence-electron chi connectivity index (χ1n) is 14.7. The van der Waals surface area contributed by atoms with Gasteiger partial charge in [0, 0.05) is 56.6 Å². The van der Waals surface area contributed by atoms with Crippen LogP contribution in [0.25, 0.3) is 0 Å². The van der Waals surface area contributed by atoms with E-state index in [0.717, 1.165) is 43.7 Å². The SMILES string of the molecule is CN(C(=O)CN)c1cc(F)cc(C(=O)N2CCN(C(=O)c3ccc(O[C@H]4CCNC4)c(C4CCCCC4)c3)CC2)c1. The van der Waals surface area contributed by atoms with E-state index in [1.807, 2.05) is 18.2 Å². The third-order valence-corrected chi connectivity index (χ3v) is 8.53. The van der Waals surface area contributed by atoms with Crippen LogP contribution in [0.1, 0.15) is 70.7 Å². The zero-order chi connectivity index (χ0) is 28.9. The highest BCUT2D eigenvalue weighted by Gasteiger charge is 2.29.